The summed E-state index contributed by atoms with van der Waals surface area (Å²) in [5, 5.41) is 3.46. The number of benzene rings is 1. The van der Waals surface area contributed by atoms with Crippen molar-refractivity contribution in [1.82, 2.24) is 10.3 Å². The fourth-order valence-corrected chi connectivity index (χ4v) is 2.68. The first-order valence-electron chi connectivity index (χ1n) is 6.75. The molecule has 1 aliphatic carbocycles. The minimum Gasteiger partial charge on any atom is -0.351 e. The maximum Gasteiger partial charge on any atom is 0.252 e. The molecule has 1 heterocycles. The van der Waals surface area contributed by atoms with Gasteiger partial charge < -0.3 is 5.32 Å². The van der Waals surface area contributed by atoms with E-state index in [0.29, 0.717) is 12.1 Å². The van der Waals surface area contributed by atoms with Crippen LogP contribution in [0.4, 0.5) is 0 Å². The van der Waals surface area contributed by atoms with Gasteiger partial charge in [0, 0.05) is 18.2 Å². The lowest BCUT2D eigenvalue weighted by atomic mass is 9.96. The molecule has 5 heteroatoms. The number of hydrogen-bond donors (Lipinski definition) is 1. The number of carbonyl (C=O) groups excluding carboxylic acids is 1. The van der Waals surface area contributed by atoms with Crippen LogP contribution in [0.1, 0.15) is 28.8 Å². The molecule has 3 rings (SSSR count). The van der Waals surface area contributed by atoms with Gasteiger partial charge in [0.1, 0.15) is 5.15 Å². The SMILES string of the molecule is O=C(NCC1(c2ccccc2)CC1)c1cnc(Cl)c(Cl)c1. The molecular weight excluding hydrogens is 307 g/mol. The van der Waals surface area contributed by atoms with E-state index in [4.69, 9.17) is 23.2 Å². The van der Waals surface area contributed by atoms with Crippen LogP contribution in [0.15, 0.2) is 42.6 Å². The third-order valence-electron chi connectivity index (χ3n) is 3.89. The van der Waals surface area contributed by atoms with E-state index in [0.717, 1.165) is 12.8 Å². The van der Waals surface area contributed by atoms with E-state index in [-0.39, 0.29) is 21.5 Å². The summed E-state index contributed by atoms with van der Waals surface area (Å²) in [5.74, 6) is -0.178. The van der Waals surface area contributed by atoms with E-state index < -0.39 is 0 Å². The van der Waals surface area contributed by atoms with Crippen LogP contribution in [0.3, 0.4) is 0 Å². The van der Waals surface area contributed by atoms with Crippen LogP contribution in [0.25, 0.3) is 0 Å². The molecule has 1 saturated carbocycles. The average molecular weight is 321 g/mol. The van der Waals surface area contributed by atoms with Crippen LogP contribution in [-0.4, -0.2) is 17.4 Å². The summed E-state index contributed by atoms with van der Waals surface area (Å²) in [7, 11) is 0. The van der Waals surface area contributed by atoms with E-state index in [1.54, 1.807) is 0 Å². The van der Waals surface area contributed by atoms with Gasteiger partial charge in [0.15, 0.2) is 0 Å². The highest BCUT2D eigenvalue weighted by atomic mass is 35.5. The van der Waals surface area contributed by atoms with Crippen LogP contribution >= 0.6 is 23.2 Å². The number of aromatic nitrogens is 1. The molecule has 0 unspecified atom stereocenters. The molecule has 1 aromatic heterocycles. The van der Waals surface area contributed by atoms with Gasteiger partial charge in [0.2, 0.25) is 0 Å². The minimum absolute atomic E-state index is 0.0839. The number of hydrogen-bond acceptors (Lipinski definition) is 2. The highest BCUT2D eigenvalue weighted by Crippen LogP contribution is 2.47. The smallest absolute Gasteiger partial charge is 0.252 e. The molecule has 1 aromatic carbocycles. The average Bonchev–Trinajstić information content (AvgIpc) is 3.30. The Morgan fingerprint density at radius 1 is 1.24 bits per heavy atom. The Hall–Kier alpha value is -1.58. The van der Waals surface area contributed by atoms with Crippen molar-refractivity contribution in [1.29, 1.82) is 0 Å². The monoisotopic (exact) mass is 320 g/mol. The Labute approximate surface area is 133 Å². The topological polar surface area (TPSA) is 42.0 Å². The van der Waals surface area contributed by atoms with E-state index in [1.807, 2.05) is 18.2 Å². The molecule has 0 spiro atoms. The molecule has 0 radical (unpaired) electrons. The van der Waals surface area contributed by atoms with E-state index in [9.17, 15) is 4.79 Å². The summed E-state index contributed by atoms with van der Waals surface area (Å²) in [5.41, 5.74) is 1.78. The standard InChI is InChI=1S/C16H14Cl2N2O/c17-13-8-11(9-19-14(13)18)15(21)20-10-16(6-7-16)12-4-2-1-3-5-12/h1-5,8-9H,6-7,10H2,(H,20,21). The summed E-state index contributed by atoms with van der Waals surface area (Å²) in [6.07, 6.45) is 3.62. The molecule has 108 valence electrons. The molecule has 1 N–H and O–H groups in total. The van der Waals surface area contributed by atoms with Gasteiger partial charge in [-0.15, -0.1) is 0 Å². The predicted molar refractivity (Wildman–Crippen MR) is 83.9 cm³/mol. The van der Waals surface area contributed by atoms with Crippen LogP contribution in [0.2, 0.25) is 10.2 Å². The minimum atomic E-state index is -0.178. The lowest BCUT2D eigenvalue weighted by molar-refractivity contribution is 0.0949. The molecular formula is C16H14Cl2N2O. The Balaban J connectivity index is 1.68. The van der Waals surface area contributed by atoms with Crippen LogP contribution < -0.4 is 5.32 Å². The van der Waals surface area contributed by atoms with Crippen LogP contribution in [-0.2, 0) is 5.41 Å². The third-order valence-corrected chi connectivity index (χ3v) is 4.57. The van der Waals surface area contributed by atoms with Crippen molar-refractivity contribution < 1.29 is 4.79 Å². The molecule has 0 saturated heterocycles. The largest absolute Gasteiger partial charge is 0.351 e. The number of nitrogens with one attached hydrogen (secondary N) is 1. The van der Waals surface area contributed by atoms with Crippen molar-refractivity contribution in [2.45, 2.75) is 18.3 Å². The van der Waals surface area contributed by atoms with Gasteiger partial charge >= 0.3 is 0 Å². The predicted octanol–water partition coefficient (Wildman–Crippen LogP) is 3.85. The van der Waals surface area contributed by atoms with Crippen molar-refractivity contribution in [2.75, 3.05) is 6.54 Å². The molecule has 0 aliphatic heterocycles. The Bertz CT molecular complexity index is 669. The summed E-state index contributed by atoms with van der Waals surface area (Å²) >= 11 is 11.6. The second-order valence-corrected chi connectivity index (χ2v) is 6.09. The number of nitrogens with zero attached hydrogens (tertiary/aromatic N) is 1. The Morgan fingerprint density at radius 3 is 2.57 bits per heavy atom. The number of pyridine rings is 1. The van der Waals surface area contributed by atoms with Crippen molar-refractivity contribution >= 4 is 29.1 Å². The fourth-order valence-electron chi connectivity index (χ4n) is 2.41. The van der Waals surface area contributed by atoms with Crippen LogP contribution in [0.5, 0.6) is 0 Å². The first kappa shape index (κ1) is 14.4. The number of carbonyl (C=O) groups is 1. The van der Waals surface area contributed by atoms with E-state index in [2.05, 4.69) is 22.4 Å². The molecule has 1 amide bonds. The molecule has 2 aromatic rings. The van der Waals surface area contributed by atoms with Gasteiger partial charge in [-0.2, -0.15) is 0 Å². The van der Waals surface area contributed by atoms with Gasteiger partial charge in [-0.1, -0.05) is 53.5 Å². The summed E-state index contributed by atoms with van der Waals surface area (Å²) in [6, 6.07) is 11.8. The summed E-state index contributed by atoms with van der Waals surface area (Å²) < 4.78 is 0. The molecule has 21 heavy (non-hydrogen) atoms. The van der Waals surface area contributed by atoms with Gasteiger partial charge in [0.25, 0.3) is 5.91 Å². The van der Waals surface area contributed by atoms with Gasteiger partial charge in [-0.05, 0) is 24.5 Å². The maximum atomic E-state index is 12.2. The maximum absolute atomic E-state index is 12.2. The summed E-state index contributed by atoms with van der Waals surface area (Å²) in [4.78, 5) is 16.1. The van der Waals surface area contributed by atoms with Crippen LogP contribution in [0, 0.1) is 0 Å². The quantitative estimate of drug-likeness (QED) is 0.869. The number of rotatable bonds is 4. The molecule has 0 bridgehead atoms. The lowest BCUT2D eigenvalue weighted by Gasteiger charge is -2.16. The summed E-state index contributed by atoms with van der Waals surface area (Å²) in [6.45, 7) is 0.621. The Kier molecular flexibility index (Phi) is 3.87. The van der Waals surface area contributed by atoms with E-state index >= 15 is 0 Å². The fraction of sp³-hybridized carbons (Fsp3) is 0.250. The number of halogens is 2. The van der Waals surface area contributed by atoms with E-state index in [1.165, 1.54) is 17.8 Å². The Morgan fingerprint density at radius 2 is 1.95 bits per heavy atom. The van der Waals surface area contributed by atoms with Crippen molar-refractivity contribution in [3.63, 3.8) is 0 Å². The molecule has 3 nitrogen and oxygen atoms in total. The third kappa shape index (κ3) is 3.04. The highest BCUT2D eigenvalue weighted by molar-refractivity contribution is 6.41. The second-order valence-electron chi connectivity index (χ2n) is 5.33. The second kappa shape index (κ2) is 5.66. The van der Waals surface area contributed by atoms with Gasteiger partial charge in [-0.25, -0.2) is 4.98 Å². The van der Waals surface area contributed by atoms with Gasteiger partial charge in [0.05, 0.1) is 10.6 Å². The zero-order valence-corrected chi connectivity index (χ0v) is 12.8. The number of amides is 1. The zero-order chi connectivity index (χ0) is 14.9. The first-order valence-corrected chi connectivity index (χ1v) is 7.51. The zero-order valence-electron chi connectivity index (χ0n) is 11.3. The van der Waals surface area contributed by atoms with Crippen molar-refractivity contribution in [3.05, 3.63) is 63.9 Å². The van der Waals surface area contributed by atoms with Gasteiger partial charge in [-0.3, -0.25) is 4.79 Å². The van der Waals surface area contributed by atoms with Crippen molar-refractivity contribution in [3.8, 4) is 0 Å². The lowest BCUT2D eigenvalue weighted by Crippen LogP contribution is -2.32. The molecule has 1 fully saturated rings. The first-order chi connectivity index (χ1) is 10.1. The molecule has 0 atom stereocenters. The normalized spacial score (nSPS) is 15.5. The molecule has 1 aliphatic rings. The van der Waals surface area contributed by atoms with Crippen molar-refractivity contribution in [2.24, 2.45) is 0 Å². The highest BCUT2D eigenvalue weighted by Gasteiger charge is 2.44.